The molecular weight excluding hydrogens is 240 g/mol. The van der Waals surface area contributed by atoms with E-state index in [0.29, 0.717) is 12.3 Å². The van der Waals surface area contributed by atoms with Crippen LogP contribution in [0.5, 0.6) is 5.88 Å². The van der Waals surface area contributed by atoms with Crippen molar-refractivity contribution < 1.29 is 9.15 Å². The average Bonchev–Trinajstić information content (AvgIpc) is 2.76. The summed E-state index contributed by atoms with van der Waals surface area (Å²) in [4.78, 5) is 8.10. The number of hydrogen-bond donors (Lipinski definition) is 0. The zero-order chi connectivity index (χ0) is 12.3. The van der Waals surface area contributed by atoms with Gasteiger partial charge in [0.15, 0.2) is 0 Å². The van der Waals surface area contributed by atoms with Crippen LogP contribution in [-0.4, -0.2) is 17.1 Å². The van der Waals surface area contributed by atoms with Gasteiger partial charge in [-0.2, -0.15) is 0 Å². The Morgan fingerprint density at radius 1 is 1.47 bits per heavy atom. The molecule has 0 aliphatic heterocycles. The summed E-state index contributed by atoms with van der Waals surface area (Å²) in [6, 6.07) is 3.67. The minimum atomic E-state index is -0.232. The highest BCUT2D eigenvalue weighted by atomic mass is 35.5. The van der Waals surface area contributed by atoms with Crippen LogP contribution in [-0.2, 0) is 6.42 Å². The van der Waals surface area contributed by atoms with Crippen LogP contribution in [0.2, 0.25) is 0 Å². The van der Waals surface area contributed by atoms with E-state index in [0.717, 1.165) is 17.0 Å². The van der Waals surface area contributed by atoms with Gasteiger partial charge in [-0.05, 0) is 18.6 Å². The van der Waals surface area contributed by atoms with Gasteiger partial charge in [-0.3, -0.25) is 0 Å². The zero-order valence-corrected chi connectivity index (χ0v) is 10.4. The molecule has 2 aromatic rings. The number of ether oxygens (including phenoxy) is 1. The first-order valence-corrected chi connectivity index (χ1v) is 5.67. The number of hydrogen-bond acceptors (Lipinski definition) is 4. The number of halogens is 1. The third-order valence-electron chi connectivity index (χ3n) is 2.48. The van der Waals surface area contributed by atoms with Crippen molar-refractivity contribution >= 4 is 11.6 Å². The molecule has 0 N–H and O–H groups in total. The van der Waals surface area contributed by atoms with E-state index in [-0.39, 0.29) is 5.38 Å². The van der Waals surface area contributed by atoms with Crippen LogP contribution in [0, 0.1) is 6.92 Å². The van der Waals surface area contributed by atoms with Gasteiger partial charge in [-0.1, -0.05) is 0 Å². The molecule has 1 atom stereocenters. The maximum Gasteiger partial charge on any atom is 0.216 e. The largest absolute Gasteiger partial charge is 0.481 e. The molecule has 0 spiro atoms. The van der Waals surface area contributed by atoms with E-state index in [1.54, 1.807) is 19.4 Å². The highest BCUT2D eigenvalue weighted by Gasteiger charge is 2.15. The quantitative estimate of drug-likeness (QED) is 0.785. The monoisotopic (exact) mass is 252 g/mol. The third-order valence-corrected chi connectivity index (χ3v) is 2.83. The van der Waals surface area contributed by atoms with Crippen molar-refractivity contribution in [3.05, 3.63) is 41.7 Å². The zero-order valence-electron chi connectivity index (χ0n) is 9.68. The van der Waals surface area contributed by atoms with Gasteiger partial charge in [0.1, 0.15) is 12.1 Å². The van der Waals surface area contributed by atoms with Crippen LogP contribution < -0.4 is 4.74 Å². The van der Waals surface area contributed by atoms with Gasteiger partial charge < -0.3 is 9.15 Å². The van der Waals surface area contributed by atoms with Gasteiger partial charge in [-0.25, -0.2) is 9.97 Å². The molecule has 0 amide bonds. The molecule has 0 saturated carbocycles. The first kappa shape index (κ1) is 11.9. The fraction of sp³-hybridized carbons (Fsp3) is 0.333. The van der Waals surface area contributed by atoms with E-state index in [1.165, 1.54) is 6.33 Å². The lowest BCUT2D eigenvalue weighted by Gasteiger charge is -2.07. The van der Waals surface area contributed by atoms with Crippen molar-refractivity contribution in [2.45, 2.75) is 18.7 Å². The number of aryl methyl sites for hydroxylation is 1. The summed E-state index contributed by atoms with van der Waals surface area (Å²) >= 11 is 6.29. The summed E-state index contributed by atoms with van der Waals surface area (Å²) < 4.78 is 10.4. The Morgan fingerprint density at radius 2 is 2.29 bits per heavy atom. The Morgan fingerprint density at radius 3 is 2.94 bits per heavy atom. The maximum absolute atomic E-state index is 6.29. The Labute approximate surface area is 105 Å². The molecular formula is C12H13ClN2O2. The van der Waals surface area contributed by atoms with Crippen molar-refractivity contribution in [3.8, 4) is 5.88 Å². The van der Waals surface area contributed by atoms with Crippen LogP contribution in [0.4, 0.5) is 0 Å². The highest BCUT2D eigenvalue weighted by molar-refractivity contribution is 6.20. The van der Waals surface area contributed by atoms with Crippen molar-refractivity contribution in [2.75, 3.05) is 7.11 Å². The van der Waals surface area contributed by atoms with Gasteiger partial charge in [0.05, 0.1) is 18.8 Å². The smallest absolute Gasteiger partial charge is 0.216 e. The van der Waals surface area contributed by atoms with Crippen molar-refractivity contribution in [2.24, 2.45) is 0 Å². The second-order valence-electron chi connectivity index (χ2n) is 3.69. The number of methoxy groups -OCH3 is 1. The third kappa shape index (κ3) is 2.77. The molecule has 0 fully saturated rings. The lowest BCUT2D eigenvalue weighted by molar-refractivity contribution is 0.395. The Kier molecular flexibility index (Phi) is 3.64. The second-order valence-corrected chi connectivity index (χ2v) is 4.22. The topological polar surface area (TPSA) is 48.2 Å². The van der Waals surface area contributed by atoms with E-state index >= 15 is 0 Å². The lowest BCUT2D eigenvalue weighted by Crippen LogP contribution is -2.00. The predicted molar refractivity (Wildman–Crippen MR) is 64.3 cm³/mol. The summed E-state index contributed by atoms with van der Waals surface area (Å²) in [5, 5.41) is -0.232. The van der Waals surface area contributed by atoms with Gasteiger partial charge >= 0.3 is 0 Å². The first-order chi connectivity index (χ1) is 8.20. The minimum Gasteiger partial charge on any atom is -0.481 e. The fourth-order valence-corrected chi connectivity index (χ4v) is 1.96. The summed E-state index contributed by atoms with van der Waals surface area (Å²) in [5.41, 5.74) is 1.87. The number of rotatable bonds is 4. The normalized spacial score (nSPS) is 12.4. The molecule has 5 heteroatoms. The van der Waals surface area contributed by atoms with Gasteiger partial charge in [0.25, 0.3) is 0 Å². The fourth-order valence-electron chi connectivity index (χ4n) is 1.58. The minimum absolute atomic E-state index is 0.232. The molecule has 4 nitrogen and oxygen atoms in total. The van der Waals surface area contributed by atoms with Gasteiger partial charge in [0, 0.05) is 18.2 Å². The lowest BCUT2D eigenvalue weighted by atomic mass is 10.1. The summed E-state index contributed by atoms with van der Waals surface area (Å²) in [5.74, 6) is 1.32. The van der Waals surface area contributed by atoms with Crippen LogP contribution in [0.3, 0.4) is 0 Å². The van der Waals surface area contributed by atoms with Crippen molar-refractivity contribution in [1.82, 2.24) is 9.97 Å². The maximum atomic E-state index is 6.29. The molecule has 0 aromatic carbocycles. The molecule has 0 aliphatic rings. The van der Waals surface area contributed by atoms with E-state index < -0.39 is 0 Å². The summed E-state index contributed by atoms with van der Waals surface area (Å²) in [6.45, 7) is 1.97. The molecule has 0 bridgehead atoms. The summed E-state index contributed by atoms with van der Waals surface area (Å²) in [6.07, 6.45) is 3.68. The molecule has 2 heterocycles. The highest BCUT2D eigenvalue weighted by Crippen LogP contribution is 2.28. The number of furan rings is 1. The van der Waals surface area contributed by atoms with Crippen LogP contribution in [0.25, 0.3) is 0 Å². The predicted octanol–water partition coefficient (Wildman–Crippen LogP) is 2.91. The molecule has 0 saturated heterocycles. The van der Waals surface area contributed by atoms with E-state index in [2.05, 4.69) is 9.97 Å². The standard InChI is InChI=1S/C12H13ClN2O2/c1-8-3-4-17-12(8)10(13)5-9-6-11(16-2)15-7-14-9/h3-4,6-7,10H,5H2,1-2H3. The first-order valence-electron chi connectivity index (χ1n) is 5.23. The van der Waals surface area contributed by atoms with Crippen LogP contribution >= 0.6 is 11.6 Å². The Bertz CT molecular complexity index is 499. The second kappa shape index (κ2) is 5.19. The summed E-state index contributed by atoms with van der Waals surface area (Å²) in [7, 11) is 1.57. The molecule has 1 unspecified atom stereocenters. The molecule has 0 aliphatic carbocycles. The number of aromatic nitrogens is 2. The van der Waals surface area contributed by atoms with Crippen molar-refractivity contribution in [1.29, 1.82) is 0 Å². The molecule has 0 radical (unpaired) electrons. The van der Waals surface area contributed by atoms with Gasteiger partial charge in [-0.15, -0.1) is 11.6 Å². The van der Waals surface area contributed by atoms with E-state index in [9.17, 15) is 0 Å². The van der Waals surface area contributed by atoms with Gasteiger partial charge in [0.2, 0.25) is 5.88 Å². The van der Waals surface area contributed by atoms with E-state index in [4.69, 9.17) is 20.8 Å². The Hall–Kier alpha value is -1.55. The molecule has 90 valence electrons. The molecule has 2 rings (SSSR count). The van der Waals surface area contributed by atoms with Crippen LogP contribution in [0.15, 0.2) is 29.1 Å². The average molecular weight is 253 g/mol. The van der Waals surface area contributed by atoms with E-state index in [1.807, 2.05) is 13.0 Å². The molecule has 2 aromatic heterocycles. The Balaban J connectivity index is 2.13. The number of alkyl halides is 1. The van der Waals surface area contributed by atoms with Crippen LogP contribution in [0.1, 0.15) is 22.4 Å². The molecule has 17 heavy (non-hydrogen) atoms. The SMILES string of the molecule is COc1cc(CC(Cl)c2occc2C)ncn1. The van der Waals surface area contributed by atoms with Crippen molar-refractivity contribution in [3.63, 3.8) is 0 Å². The number of nitrogens with zero attached hydrogens (tertiary/aromatic N) is 2.